The summed E-state index contributed by atoms with van der Waals surface area (Å²) < 4.78 is 5.18. The van der Waals surface area contributed by atoms with E-state index >= 15 is 0 Å². The number of benzene rings is 1. The highest BCUT2D eigenvalue weighted by atomic mass is 16.6. The van der Waals surface area contributed by atoms with Crippen molar-refractivity contribution in [3.05, 3.63) is 54.6 Å². The van der Waals surface area contributed by atoms with Gasteiger partial charge in [0.25, 0.3) is 0 Å². The van der Waals surface area contributed by atoms with Crippen LogP contribution in [0, 0.1) is 0 Å². The largest absolute Gasteiger partial charge is 0.441 e. The van der Waals surface area contributed by atoms with Gasteiger partial charge in [0, 0.05) is 6.54 Å². The lowest BCUT2D eigenvalue weighted by atomic mass is 9.99. The number of amides is 1. The molecule has 0 saturated carbocycles. The van der Waals surface area contributed by atoms with E-state index in [1.807, 2.05) is 36.4 Å². The third-order valence-corrected chi connectivity index (χ3v) is 3.70. The van der Waals surface area contributed by atoms with Crippen molar-refractivity contribution >= 4 is 12.2 Å². The zero-order valence-corrected chi connectivity index (χ0v) is 12.7. The number of aliphatic hydroxyl groups excluding tert-OH is 3. The second-order valence-electron chi connectivity index (χ2n) is 5.29. The van der Waals surface area contributed by atoms with Gasteiger partial charge in [-0.2, -0.15) is 0 Å². The van der Waals surface area contributed by atoms with Crippen molar-refractivity contribution in [2.75, 3.05) is 13.2 Å². The minimum absolute atomic E-state index is 0.251. The highest BCUT2D eigenvalue weighted by Gasteiger charge is 2.45. The predicted molar refractivity (Wildman–Crippen MR) is 85.5 cm³/mol. The number of hydrogen-bond donors (Lipinski definition) is 3. The SMILES string of the molecule is C=CCN1C(=O)O[C@@H]([C@H](O)[C@@H](O)CO)C1/C=C/c1ccccc1. The number of aliphatic hydroxyl groups is 3. The highest BCUT2D eigenvalue weighted by molar-refractivity contribution is 5.72. The third kappa shape index (κ3) is 3.98. The Bertz CT molecular complexity index is 559. The summed E-state index contributed by atoms with van der Waals surface area (Å²) in [5, 5.41) is 28.8. The van der Waals surface area contributed by atoms with Crippen molar-refractivity contribution < 1.29 is 24.9 Å². The van der Waals surface area contributed by atoms with Crippen LogP contribution in [0.2, 0.25) is 0 Å². The first-order valence-electron chi connectivity index (χ1n) is 7.37. The lowest BCUT2D eigenvalue weighted by Crippen LogP contribution is -2.46. The quantitative estimate of drug-likeness (QED) is 0.647. The van der Waals surface area contributed by atoms with Crippen molar-refractivity contribution in [1.29, 1.82) is 0 Å². The lowest BCUT2D eigenvalue weighted by molar-refractivity contribution is -0.0712. The van der Waals surface area contributed by atoms with Crippen LogP contribution in [0.1, 0.15) is 5.56 Å². The molecule has 1 unspecified atom stereocenters. The van der Waals surface area contributed by atoms with Gasteiger partial charge in [-0.05, 0) is 5.56 Å². The van der Waals surface area contributed by atoms with E-state index in [-0.39, 0.29) is 6.54 Å². The molecule has 6 heteroatoms. The van der Waals surface area contributed by atoms with Crippen LogP contribution in [-0.4, -0.2) is 63.8 Å². The summed E-state index contributed by atoms with van der Waals surface area (Å²) in [7, 11) is 0. The molecule has 1 aliphatic heterocycles. The van der Waals surface area contributed by atoms with Gasteiger partial charge in [-0.15, -0.1) is 6.58 Å². The molecule has 124 valence electrons. The smallest absolute Gasteiger partial charge is 0.411 e. The lowest BCUT2D eigenvalue weighted by Gasteiger charge is -2.26. The fraction of sp³-hybridized carbons (Fsp3) is 0.353. The standard InChI is InChI=1S/C17H21NO5/c1-2-10-18-13(9-8-12-6-4-3-5-7-12)16(23-17(18)22)15(21)14(20)11-19/h2-9,13-16,19-21H,1,10-11H2/b9-8+/t13?,14-,15+,16+/m0/s1. The Kier molecular flexibility index (Phi) is 5.92. The van der Waals surface area contributed by atoms with E-state index in [1.54, 1.807) is 12.2 Å². The molecule has 0 bridgehead atoms. The topological polar surface area (TPSA) is 90.2 Å². The van der Waals surface area contributed by atoms with E-state index < -0.39 is 37.1 Å². The van der Waals surface area contributed by atoms with Crippen LogP contribution >= 0.6 is 0 Å². The molecule has 1 fully saturated rings. The molecule has 0 radical (unpaired) electrons. The molecule has 2 rings (SSSR count). The zero-order valence-electron chi connectivity index (χ0n) is 12.7. The minimum Gasteiger partial charge on any atom is -0.441 e. The summed E-state index contributed by atoms with van der Waals surface area (Å²) in [5.74, 6) is 0. The summed E-state index contributed by atoms with van der Waals surface area (Å²) in [6.07, 6.45) is 0.775. The summed E-state index contributed by atoms with van der Waals surface area (Å²) in [4.78, 5) is 13.4. The van der Waals surface area contributed by atoms with Gasteiger partial charge in [0.05, 0.1) is 12.6 Å². The van der Waals surface area contributed by atoms with Crippen LogP contribution in [0.15, 0.2) is 49.1 Å². The van der Waals surface area contributed by atoms with Gasteiger partial charge in [-0.1, -0.05) is 48.6 Å². The van der Waals surface area contributed by atoms with Crippen molar-refractivity contribution in [3.8, 4) is 0 Å². The van der Waals surface area contributed by atoms with Gasteiger partial charge in [0.1, 0.15) is 12.2 Å². The fourth-order valence-corrected chi connectivity index (χ4v) is 2.47. The molecule has 4 atom stereocenters. The van der Waals surface area contributed by atoms with E-state index in [0.29, 0.717) is 0 Å². The van der Waals surface area contributed by atoms with Crippen molar-refractivity contribution in [1.82, 2.24) is 4.90 Å². The number of hydrogen-bond acceptors (Lipinski definition) is 5. The van der Waals surface area contributed by atoms with Gasteiger partial charge in [0.15, 0.2) is 6.10 Å². The van der Waals surface area contributed by atoms with Crippen LogP contribution in [0.25, 0.3) is 6.08 Å². The maximum absolute atomic E-state index is 12.0. The summed E-state index contributed by atoms with van der Waals surface area (Å²) in [6.45, 7) is 3.24. The molecule has 1 aromatic rings. The molecular formula is C17H21NO5. The van der Waals surface area contributed by atoms with Gasteiger partial charge < -0.3 is 20.1 Å². The maximum atomic E-state index is 12.0. The Hall–Kier alpha value is -2.15. The summed E-state index contributed by atoms with van der Waals surface area (Å²) in [5.41, 5.74) is 0.932. The second kappa shape index (κ2) is 7.92. The Morgan fingerprint density at radius 3 is 2.61 bits per heavy atom. The first kappa shape index (κ1) is 17.2. The average molecular weight is 319 g/mol. The van der Waals surface area contributed by atoms with E-state index in [0.717, 1.165) is 5.56 Å². The number of nitrogens with zero attached hydrogens (tertiary/aromatic N) is 1. The number of carbonyl (C=O) groups is 1. The summed E-state index contributed by atoms with van der Waals surface area (Å²) in [6, 6.07) is 8.91. The Balaban J connectivity index is 2.24. The molecule has 1 aliphatic rings. The zero-order chi connectivity index (χ0) is 16.8. The second-order valence-corrected chi connectivity index (χ2v) is 5.29. The van der Waals surface area contributed by atoms with E-state index in [1.165, 1.54) is 4.90 Å². The normalized spacial score (nSPS) is 23.8. The molecule has 1 amide bonds. The maximum Gasteiger partial charge on any atom is 0.411 e. The third-order valence-electron chi connectivity index (χ3n) is 3.70. The van der Waals surface area contributed by atoms with Crippen LogP contribution < -0.4 is 0 Å². The molecule has 0 spiro atoms. The number of ether oxygens (including phenoxy) is 1. The molecule has 0 aromatic heterocycles. The van der Waals surface area contributed by atoms with Crippen LogP contribution in [0.5, 0.6) is 0 Å². The molecule has 1 heterocycles. The highest BCUT2D eigenvalue weighted by Crippen LogP contribution is 2.25. The van der Waals surface area contributed by atoms with E-state index in [4.69, 9.17) is 9.84 Å². The van der Waals surface area contributed by atoms with Crippen molar-refractivity contribution in [3.63, 3.8) is 0 Å². The molecule has 1 aromatic carbocycles. The molecule has 3 N–H and O–H groups in total. The first-order chi connectivity index (χ1) is 11.1. The fourth-order valence-electron chi connectivity index (χ4n) is 2.47. The average Bonchev–Trinajstić information content (AvgIpc) is 2.89. The van der Waals surface area contributed by atoms with Gasteiger partial charge in [0.2, 0.25) is 0 Å². The molecule has 23 heavy (non-hydrogen) atoms. The monoisotopic (exact) mass is 319 g/mol. The minimum atomic E-state index is -1.39. The Labute approximate surface area is 134 Å². The summed E-state index contributed by atoms with van der Waals surface area (Å²) >= 11 is 0. The van der Waals surface area contributed by atoms with Crippen molar-refractivity contribution in [2.45, 2.75) is 24.4 Å². The van der Waals surface area contributed by atoms with Crippen LogP contribution in [-0.2, 0) is 4.74 Å². The van der Waals surface area contributed by atoms with Gasteiger partial charge in [-0.25, -0.2) is 4.79 Å². The number of cyclic esters (lactones) is 1. The number of carbonyl (C=O) groups excluding carboxylic acids is 1. The molecular weight excluding hydrogens is 298 g/mol. The molecule has 6 nitrogen and oxygen atoms in total. The first-order valence-corrected chi connectivity index (χ1v) is 7.37. The van der Waals surface area contributed by atoms with E-state index in [9.17, 15) is 15.0 Å². The molecule has 1 saturated heterocycles. The van der Waals surface area contributed by atoms with E-state index in [2.05, 4.69) is 6.58 Å². The molecule has 0 aliphatic carbocycles. The van der Waals surface area contributed by atoms with Crippen LogP contribution in [0.4, 0.5) is 4.79 Å². The Morgan fingerprint density at radius 2 is 2.00 bits per heavy atom. The Morgan fingerprint density at radius 1 is 1.30 bits per heavy atom. The van der Waals surface area contributed by atoms with Crippen molar-refractivity contribution in [2.24, 2.45) is 0 Å². The van der Waals surface area contributed by atoms with Gasteiger partial charge in [-0.3, -0.25) is 4.90 Å². The predicted octanol–water partition coefficient (Wildman–Crippen LogP) is 0.789. The van der Waals surface area contributed by atoms with Gasteiger partial charge >= 0.3 is 6.09 Å². The number of rotatable bonds is 7. The van der Waals surface area contributed by atoms with Crippen LogP contribution in [0.3, 0.4) is 0 Å².